The molecule has 0 atom stereocenters. The summed E-state index contributed by atoms with van der Waals surface area (Å²) in [7, 11) is 0. The summed E-state index contributed by atoms with van der Waals surface area (Å²) in [6.07, 6.45) is 6.16. The fraction of sp³-hybridized carbons (Fsp3) is 0.667. The molecule has 0 aromatic rings. The first kappa shape index (κ1) is 9.87. The van der Waals surface area contributed by atoms with Crippen LogP contribution in [-0.4, -0.2) is 48.6 Å². The average Bonchev–Trinajstić information content (AvgIpc) is 2.30. The van der Waals surface area contributed by atoms with Gasteiger partial charge in [0.2, 0.25) is 0 Å². The van der Waals surface area contributed by atoms with Crippen molar-refractivity contribution in [2.75, 3.05) is 32.7 Å². The molecule has 0 aliphatic carbocycles. The molecule has 13 heavy (non-hydrogen) atoms. The van der Waals surface area contributed by atoms with Gasteiger partial charge in [-0.25, -0.2) is 4.79 Å². The number of hydrogen-bond donors (Lipinski definition) is 1. The van der Waals surface area contributed by atoms with Gasteiger partial charge in [-0.15, -0.1) is 6.42 Å². The minimum absolute atomic E-state index is 0.331. The maximum atomic E-state index is 10.9. The van der Waals surface area contributed by atoms with Gasteiger partial charge in [-0.1, -0.05) is 5.92 Å². The van der Waals surface area contributed by atoms with Gasteiger partial charge in [0, 0.05) is 26.2 Å². The summed E-state index contributed by atoms with van der Waals surface area (Å²) in [6.45, 7) is 3.88. The Kier molecular flexibility index (Phi) is 3.59. The Balaban J connectivity index is 2.40. The lowest BCUT2D eigenvalue weighted by molar-refractivity contribution is 0.208. The van der Waals surface area contributed by atoms with Crippen molar-refractivity contribution in [2.24, 2.45) is 5.73 Å². The van der Waals surface area contributed by atoms with Gasteiger partial charge in [-0.05, 0) is 6.42 Å². The Morgan fingerprint density at radius 1 is 1.38 bits per heavy atom. The van der Waals surface area contributed by atoms with Gasteiger partial charge in [0.05, 0.1) is 6.54 Å². The number of carbonyl (C=O) groups is 1. The van der Waals surface area contributed by atoms with Crippen molar-refractivity contribution in [1.29, 1.82) is 0 Å². The Morgan fingerprint density at radius 2 is 2.15 bits per heavy atom. The normalized spacial score (nSPS) is 19.2. The smallest absolute Gasteiger partial charge is 0.314 e. The van der Waals surface area contributed by atoms with E-state index >= 15 is 0 Å². The first-order valence-corrected chi connectivity index (χ1v) is 4.44. The van der Waals surface area contributed by atoms with Crippen LogP contribution in [0.2, 0.25) is 0 Å². The van der Waals surface area contributed by atoms with Gasteiger partial charge in [0.25, 0.3) is 0 Å². The van der Waals surface area contributed by atoms with Crippen LogP contribution in [0.15, 0.2) is 0 Å². The zero-order chi connectivity index (χ0) is 9.68. The molecule has 2 amide bonds. The number of rotatable bonds is 1. The standard InChI is InChI=1S/C9H15N3O/c1-2-4-11-5-3-6-12(8-7-11)9(10)13/h1H,3-8H2,(H2,10,13). The van der Waals surface area contributed by atoms with Crippen LogP contribution in [0.4, 0.5) is 4.79 Å². The van der Waals surface area contributed by atoms with E-state index in [0.717, 1.165) is 26.1 Å². The molecule has 0 aromatic carbocycles. The predicted molar refractivity (Wildman–Crippen MR) is 51.0 cm³/mol. The summed E-state index contributed by atoms with van der Waals surface area (Å²) in [5, 5.41) is 0. The molecule has 0 spiro atoms. The Morgan fingerprint density at radius 3 is 2.77 bits per heavy atom. The molecular weight excluding hydrogens is 166 g/mol. The predicted octanol–water partition coefficient (Wildman–Crippen LogP) is -0.294. The van der Waals surface area contributed by atoms with Crippen molar-refractivity contribution in [3.63, 3.8) is 0 Å². The van der Waals surface area contributed by atoms with E-state index in [2.05, 4.69) is 10.8 Å². The van der Waals surface area contributed by atoms with E-state index in [0.29, 0.717) is 13.1 Å². The van der Waals surface area contributed by atoms with E-state index in [1.54, 1.807) is 4.90 Å². The number of amides is 2. The number of terminal acetylenes is 1. The van der Waals surface area contributed by atoms with Crippen molar-refractivity contribution in [3.8, 4) is 12.3 Å². The lowest BCUT2D eigenvalue weighted by Gasteiger charge is -2.18. The minimum Gasteiger partial charge on any atom is -0.351 e. The van der Waals surface area contributed by atoms with Crippen molar-refractivity contribution in [3.05, 3.63) is 0 Å². The minimum atomic E-state index is -0.331. The molecule has 0 aromatic heterocycles. The number of hydrogen-bond acceptors (Lipinski definition) is 2. The molecule has 0 bridgehead atoms. The second-order valence-electron chi connectivity index (χ2n) is 3.16. The number of urea groups is 1. The molecule has 1 aliphatic rings. The molecule has 0 saturated carbocycles. The largest absolute Gasteiger partial charge is 0.351 e. The fourth-order valence-corrected chi connectivity index (χ4v) is 1.48. The summed E-state index contributed by atoms with van der Waals surface area (Å²) in [4.78, 5) is 14.7. The molecule has 4 nitrogen and oxygen atoms in total. The first-order valence-electron chi connectivity index (χ1n) is 4.44. The lowest BCUT2D eigenvalue weighted by atomic mass is 10.4. The van der Waals surface area contributed by atoms with E-state index < -0.39 is 0 Å². The Bertz CT molecular complexity index is 221. The van der Waals surface area contributed by atoms with Crippen molar-refractivity contribution >= 4 is 6.03 Å². The van der Waals surface area contributed by atoms with E-state index in [-0.39, 0.29) is 6.03 Å². The summed E-state index contributed by atoms with van der Waals surface area (Å²) in [6, 6.07) is -0.331. The molecule has 1 aliphatic heterocycles. The number of carbonyl (C=O) groups excluding carboxylic acids is 1. The molecule has 4 heteroatoms. The SMILES string of the molecule is C#CCN1CCCN(C(N)=O)CC1. The van der Waals surface area contributed by atoms with Crippen molar-refractivity contribution < 1.29 is 4.79 Å². The summed E-state index contributed by atoms with van der Waals surface area (Å²) in [5.74, 6) is 2.60. The highest BCUT2D eigenvalue weighted by Crippen LogP contribution is 2.01. The van der Waals surface area contributed by atoms with Crippen LogP contribution in [0.3, 0.4) is 0 Å². The Hall–Kier alpha value is -1.21. The number of nitrogens with zero attached hydrogens (tertiary/aromatic N) is 2. The van der Waals surface area contributed by atoms with Gasteiger partial charge in [-0.2, -0.15) is 0 Å². The molecule has 1 rings (SSSR count). The second kappa shape index (κ2) is 4.73. The second-order valence-corrected chi connectivity index (χ2v) is 3.16. The third-order valence-corrected chi connectivity index (χ3v) is 2.22. The molecule has 1 saturated heterocycles. The van der Waals surface area contributed by atoms with Gasteiger partial charge in [-0.3, -0.25) is 4.90 Å². The fourth-order valence-electron chi connectivity index (χ4n) is 1.48. The quantitative estimate of drug-likeness (QED) is 0.565. The Labute approximate surface area is 78.7 Å². The van der Waals surface area contributed by atoms with Gasteiger partial charge in [0.1, 0.15) is 0 Å². The van der Waals surface area contributed by atoms with Gasteiger partial charge < -0.3 is 10.6 Å². The average molecular weight is 181 g/mol. The van der Waals surface area contributed by atoms with E-state index in [1.807, 2.05) is 0 Å². The van der Waals surface area contributed by atoms with Gasteiger partial charge in [0.15, 0.2) is 0 Å². The topological polar surface area (TPSA) is 49.6 Å². The molecule has 0 radical (unpaired) electrons. The van der Waals surface area contributed by atoms with E-state index in [4.69, 9.17) is 12.2 Å². The van der Waals surface area contributed by atoms with Crippen LogP contribution >= 0.6 is 0 Å². The highest BCUT2D eigenvalue weighted by Gasteiger charge is 2.15. The zero-order valence-electron chi connectivity index (χ0n) is 7.70. The number of nitrogens with two attached hydrogens (primary N) is 1. The summed E-state index contributed by atoms with van der Waals surface area (Å²) in [5.41, 5.74) is 5.18. The molecule has 0 unspecified atom stereocenters. The molecular formula is C9H15N3O. The third kappa shape index (κ3) is 2.96. The molecule has 72 valence electrons. The molecule has 1 heterocycles. The monoisotopic (exact) mass is 181 g/mol. The highest BCUT2D eigenvalue weighted by atomic mass is 16.2. The summed E-state index contributed by atoms with van der Waals surface area (Å²) >= 11 is 0. The van der Waals surface area contributed by atoms with Crippen LogP contribution < -0.4 is 5.73 Å². The van der Waals surface area contributed by atoms with Crippen molar-refractivity contribution in [1.82, 2.24) is 9.80 Å². The van der Waals surface area contributed by atoms with Crippen LogP contribution in [0.1, 0.15) is 6.42 Å². The van der Waals surface area contributed by atoms with Gasteiger partial charge >= 0.3 is 6.03 Å². The molecule has 1 fully saturated rings. The maximum absolute atomic E-state index is 10.9. The van der Waals surface area contributed by atoms with Crippen LogP contribution in [0.5, 0.6) is 0 Å². The van der Waals surface area contributed by atoms with Crippen LogP contribution in [-0.2, 0) is 0 Å². The lowest BCUT2D eigenvalue weighted by Crippen LogP contribution is -2.38. The maximum Gasteiger partial charge on any atom is 0.314 e. The molecule has 2 N–H and O–H groups in total. The van der Waals surface area contributed by atoms with E-state index in [9.17, 15) is 4.79 Å². The highest BCUT2D eigenvalue weighted by molar-refractivity contribution is 5.71. The summed E-state index contributed by atoms with van der Waals surface area (Å²) < 4.78 is 0. The first-order chi connectivity index (χ1) is 6.24. The number of primary amides is 1. The third-order valence-electron chi connectivity index (χ3n) is 2.22. The zero-order valence-corrected chi connectivity index (χ0v) is 7.70. The van der Waals surface area contributed by atoms with Crippen molar-refractivity contribution in [2.45, 2.75) is 6.42 Å². The van der Waals surface area contributed by atoms with Crippen LogP contribution in [0, 0.1) is 12.3 Å². The van der Waals surface area contributed by atoms with E-state index in [1.165, 1.54) is 0 Å². The van der Waals surface area contributed by atoms with Crippen LogP contribution in [0.25, 0.3) is 0 Å².